The van der Waals surface area contributed by atoms with Crippen LogP contribution in [0, 0.1) is 0 Å². The second-order valence-electron chi connectivity index (χ2n) is 12.1. The van der Waals surface area contributed by atoms with Crippen molar-refractivity contribution in [2.24, 2.45) is 15.3 Å². The molecule has 0 heterocycles. The second kappa shape index (κ2) is 26.8. The Morgan fingerprint density at radius 1 is 0.404 bits per heavy atom. The summed E-state index contributed by atoms with van der Waals surface area (Å²) in [5.41, 5.74) is 55.6. The molecule has 0 spiro atoms. The molecular weight excluding hydrogens is 863 g/mol. The van der Waals surface area contributed by atoms with Crippen LogP contribution in [0.1, 0.15) is 182 Å². The number of azide groups is 3. The topological polar surface area (TPSA) is 205 Å². The molecule has 0 radical (unpaired) electrons. The standard InChI is InChI=1S/C18H27Br3.C18H27N9.N3.Na/c1-7-13-16(10(4)19)14(8-2)18(12(6)21)15(9-3)17(13)11(5)20;1-7-13-16(10(4)22-25-19)14(8-2)18(12(6)24-27-21)15(9-3)17(13)11(5)23-26-20;1-3-2;/h10-12H,7-9H2,1-6H3;10-12H,7-9H2,1-6H3;;/q;;-1;+1. The molecule has 0 aliphatic heterocycles. The van der Waals surface area contributed by atoms with Crippen LogP contribution in [0.4, 0.5) is 0 Å². The van der Waals surface area contributed by atoms with E-state index in [0.717, 1.165) is 71.9 Å². The molecule has 16 heteroatoms. The number of halogens is 3. The molecule has 0 aromatic heterocycles. The Kier molecular flexibility index (Phi) is 26.9. The van der Waals surface area contributed by atoms with Gasteiger partial charge in [-0.05, 0) is 143 Å². The van der Waals surface area contributed by atoms with E-state index in [2.05, 4.69) is 119 Å². The molecule has 2 aromatic carbocycles. The fourth-order valence-corrected chi connectivity index (χ4v) is 9.27. The van der Waals surface area contributed by atoms with Gasteiger partial charge in [0.05, 0.1) is 18.1 Å². The van der Waals surface area contributed by atoms with Gasteiger partial charge in [0.1, 0.15) is 0 Å². The summed E-state index contributed by atoms with van der Waals surface area (Å²) in [6.45, 7) is 25.3. The fraction of sp³-hybridized carbons (Fsp3) is 0.667. The third kappa shape index (κ3) is 12.9. The summed E-state index contributed by atoms with van der Waals surface area (Å²) in [7, 11) is 0. The molecule has 12 nitrogen and oxygen atoms in total. The van der Waals surface area contributed by atoms with Crippen molar-refractivity contribution < 1.29 is 29.6 Å². The number of hydrogen-bond donors (Lipinski definition) is 0. The van der Waals surface area contributed by atoms with Gasteiger partial charge in [0.15, 0.2) is 0 Å². The molecule has 0 aliphatic carbocycles. The minimum Gasteiger partial charge on any atom is -0.373 e. The maximum absolute atomic E-state index is 8.98. The van der Waals surface area contributed by atoms with Gasteiger partial charge in [-0.15, -0.1) is 0 Å². The van der Waals surface area contributed by atoms with Crippen molar-refractivity contribution in [2.45, 2.75) is 154 Å². The van der Waals surface area contributed by atoms with Crippen LogP contribution in [0.25, 0.3) is 47.3 Å². The first kappa shape index (κ1) is 52.2. The van der Waals surface area contributed by atoms with Crippen LogP contribution in [-0.4, -0.2) is 0 Å². The van der Waals surface area contributed by atoms with Gasteiger partial charge in [0.2, 0.25) is 0 Å². The molecule has 0 aliphatic rings. The summed E-state index contributed by atoms with van der Waals surface area (Å²) in [6, 6.07) is -1.13. The second-order valence-corrected chi connectivity index (χ2v) is 16.2. The molecule has 0 saturated carbocycles. The van der Waals surface area contributed by atoms with E-state index in [1.807, 2.05) is 41.5 Å². The number of rotatable bonds is 15. The van der Waals surface area contributed by atoms with Gasteiger partial charge in [-0.1, -0.05) is 125 Å². The van der Waals surface area contributed by atoms with Crippen molar-refractivity contribution >= 4 is 47.8 Å². The van der Waals surface area contributed by atoms with Crippen LogP contribution >= 0.6 is 47.8 Å². The Hall–Kier alpha value is -1.88. The summed E-state index contributed by atoms with van der Waals surface area (Å²) >= 11 is 11.5. The first-order valence-corrected chi connectivity index (χ1v) is 20.3. The summed E-state index contributed by atoms with van der Waals surface area (Å²) in [5.74, 6) is 0. The Morgan fingerprint density at radius 2 is 0.558 bits per heavy atom. The predicted molar refractivity (Wildman–Crippen MR) is 224 cm³/mol. The largest absolute Gasteiger partial charge is 1.00 e. The normalized spacial score (nSPS) is 13.6. The van der Waals surface area contributed by atoms with Gasteiger partial charge < -0.3 is 11.1 Å². The minimum atomic E-state index is -0.375. The molecule has 0 amide bonds. The van der Waals surface area contributed by atoms with Gasteiger partial charge in [-0.2, -0.15) is 0 Å². The van der Waals surface area contributed by atoms with E-state index in [-0.39, 0.29) is 47.7 Å². The van der Waals surface area contributed by atoms with Gasteiger partial charge in [0, 0.05) is 29.2 Å². The van der Waals surface area contributed by atoms with Crippen LogP contribution in [0.3, 0.4) is 0 Å². The van der Waals surface area contributed by atoms with Crippen LogP contribution in [-0.2, 0) is 38.5 Å². The van der Waals surface area contributed by atoms with Gasteiger partial charge >= 0.3 is 29.6 Å². The molecule has 0 N–H and O–H groups in total. The van der Waals surface area contributed by atoms with Crippen molar-refractivity contribution in [3.05, 3.63) is 114 Å². The van der Waals surface area contributed by atoms with Crippen LogP contribution < -0.4 is 29.6 Å². The van der Waals surface area contributed by atoms with Crippen molar-refractivity contribution in [1.82, 2.24) is 0 Å². The van der Waals surface area contributed by atoms with Crippen LogP contribution in [0.15, 0.2) is 15.3 Å². The van der Waals surface area contributed by atoms with E-state index >= 15 is 0 Å². The number of alkyl halides is 3. The molecule has 0 bridgehead atoms. The monoisotopic (exact) mass is 914 g/mol. The molecular formula is C36H54Br3N12Na. The third-order valence-corrected chi connectivity index (χ3v) is 10.5. The van der Waals surface area contributed by atoms with Crippen molar-refractivity contribution in [1.29, 1.82) is 0 Å². The fourth-order valence-electron chi connectivity index (χ4n) is 7.61. The summed E-state index contributed by atoms with van der Waals surface area (Å²) in [4.78, 5) is 11.6. The summed E-state index contributed by atoms with van der Waals surface area (Å²) in [5, 5.41) is 11.8. The van der Waals surface area contributed by atoms with Gasteiger partial charge in [-0.25, -0.2) is 0 Å². The molecule has 6 unspecified atom stereocenters. The van der Waals surface area contributed by atoms with Crippen molar-refractivity contribution in [2.75, 3.05) is 0 Å². The van der Waals surface area contributed by atoms with E-state index in [0.29, 0.717) is 14.5 Å². The minimum absolute atomic E-state index is 0. The van der Waals surface area contributed by atoms with Crippen molar-refractivity contribution in [3.63, 3.8) is 0 Å². The molecule has 6 atom stereocenters. The number of nitrogens with zero attached hydrogens (tertiary/aromatic N) is 12. The zero-order valence-corrected chi connectivity index (χ0v) is 40.0. The Balaban J connectivity index is 0. The molecule has 0 saturated heterocycles. The first-order chi connectivity index (χ1) is 24.1. The zero-order valence-electron chi connectivity index (χ0n) is 33.2. The van der Waals surface area contributed by atoms with Gasteiger partial charge in [-0.3, -0.25) is 4.91 Å². The van der Waals surface area contributed by atoms with Crippen molar-refractivity contribution in [3.8, 4) is 0 Å². The smallest absolute Gasteiger partial charge is 0.373 e. The first-order valence-electron chi connectivity index (χ1n) is 17.6. The predicted octanol–water partition coefficient (Wildman–Crippen LogP) is 13.1. The van der Waals surface area contributed by atoms with E-state index < -0.39 is 0 Å². The van der Waals surface area contributed by atoms with Gasteiger partial charge in [0.25, 0.3) is 0 Å². The number of benzene rings is 2. The maximum Gasteiger partial charge on any atom is 1.00 e. The van der Waals surface area contributed by atoms with E-state index in [1.54, 1.807) is 0 Å². The zero-order chi connectivity index (χ0) is 39.6. The number of hydrogen-bond acceptors (Lipinski definition) is 3. The summed E-state index contributed by atoms with van der Waals surface area (Å²) in [6.07, 6.45) is 5.43. The molecule has 52 heavy (non-hydrogen) atoms. The molecule has 0 fully saturated rings. The average molecular weight is 918 g/mol. The van der Waals surface area contributed by atoms with E-state index in [4.69, 9.17) is 27.7 Å². The average Bonchev–Trinajstić information content (AvgIpc) is 3.09. The molecule has 280 valence electrons. The van der Waals surface area contributed by atoms with Crippen LogP contribution in [0.5, 0.6) is 0 Å². The Labute approximate surface area is 358 Å². The Morgan fingerprint density at radius 3 is 0.673 bits per heavy atom. The SMILES string of the molecule is CCc1c(C(C)Br)c(CC)c(C(C)Br)c(CC)c1C(C)Br.CCc1c(C(C)N=[N+]=[N-])c(CC)c(C(C)N=[N+]=[N-])c(CC)c1C(C)N=[N+]=[N-].[N-]=[N+]=[N-].[Na+]. The third-order valence-electron chi connectivity index (χ3n) is 9.14. The van der Waals surface area contributed by atoms with Crippen LogP contribution in [0.2, 0.25) is 0 Å². The van der Waals surface area contributed by atoms with E-state index in [1.165, 1.54) is 38.3 Å². The van der Waals surface area contributed by atoms with E-state index in [9.17, 15) is 0 Å². The quantitative estimate of drug-likeness (QED) is 0.0538. The molecule has 2 aromatic rings. The maximum atomic E-state index is 8.98. The molecule has 2 rings (SSSR count). The Bertz CT molecular complexity index is 1430. The summed E-state index contributed by atoms with van der Waals surface area (Å²) < 4.78 is 0.